The van der Waals surface area contributed by atoms with Gasteiger partial charge in [0.1, 0.15) is 0 Å². The van der Waals surface area contributed by atoms with Crippen LogP contribution in [0.15, 0.2) is 0 Å². The highest BCUT2D eigenvalue weighted by atomic mass is 16.5. The van der Waals surface area contributed by atoms with Crippen molar-refractivity contribution in [3.05, 3.63) is 0 Å². The van der Waals surface area contributed by atoms with Gasteiger partial charge in [-0.25, -0.2) is 0 Å². The highest BCUT2D eigenvalue weighted by molar-refractivity contribution is 4.83. The third kappa shape index (κ3) is 3.21. The lowest BCUT2D eigenvalue weighted by atomic mass is 9.77. The van der Waals surface area contributed by atoms with Gasteiger partial charge >= 0.3 is 0 Å². The number of hydrogen-bond acceptors (Lipinski definition) is 2. The fraction of sp³-hybridized carbons (Fsp3) is 1.00. The van der Waals surface area contributed by atoms with Crippen molar-refractivity contribution in [2.24, 2.45) is 11.8 Å². The molecule has 1 heterocycles. The SMILES string of the molecule is CNC(CC1CCCO1)C1CCCC(C)C1. The molecule has 0 bridgehead atoms. The minimum atomic E-state index is 0.537. The van der Waals surface area contributed by atoms with Gasteiger partial charge in [-0.1, -0.05) is 19.8 Å². The molecule has 0 amide bonds. The highest BCUT2D eigenvalue weighted by Gasteiger charge is 2.28. The monoisotopic (exact) mass is 225 g/mol. The van der Waals surface area contributed by atoms with Crippen LogP contribution < -0.4 is 5.32 Å². The molecule has 2 heteroatoms. The predicted molar refractivity (Wildman–Crippen MR) is 67.6 cm³/mol. The van der Waals surface area contributed by atoms with Crippen LogP contribution in [0.25, 0.3) is 0 Å². The van der Waals surface area contributed by atoms with Crippen molar-refractivity contribution in [1.29, 1.82) is 0 Å². The number of nitrogens with one attached hydrogen (secondary N) is 1. The van der Waals surface area contributed by atoms with Gasteiger partial charge < -0.3 is 10.1 Å². The summed E-state index contributed by atoms with van der Waals surface area (Å²) in [7, 11) is 2.12. The van der Waals surface area contributed by atoms with Crippen molar-refractivity contribution < 1.29 is 4.74 Å². The predicted octanol–water partition coefficient (Wildman–Crippen LogP) is 2.97. The van der Waals surface area contributed by atoms with Crippen LogP contribution in [0.1, 0.15) is 51.9 Å². The van der Waals surface area contributed by atoms with Crippen LogP contribution in [0.5, 0.6) is 0 Å². The quantitative estimate of drug-likeness (QED) is 0.794. The van der Waals surface area contributed by atoms with Gasteiger partial charge in [-0.05, 0) is 51.0 Å². The van der Waals surface area contributed by atoms with Gasteiger partial charge in [0.05, 0.1) is 6.10 Å². The van der Waals surface area contributed by atoms with Crippen molar-refractivity contribution in [1.82, 2.24) is 5.32 Å². The molecule has 0 aromatic rings. The lowest BCUT2D eigenvalue weighted by molar-refractivity contribution is 0.0812. The third-order valence-electron chi connectivity index (χ3n) is 4.46. The summed E-state index contributed by atoms with van der Waals surface area (Å²) in [4.78, 5) is 0. The fourth-order valence-electron chi connectivity index (χ4n) is 3.51. The molecule has 2 rings (SSSR count). The van der Waals surface area contributed by atoms with E-state index in [-0.39, 0.29) is 0 Å². The standard InChI is InChI=1S/C14H27NO/c1-11-5-3-6-12(9-11)14(15-2)10-13-7-4-8-16-13/h11-15H,3-10H2,1-2H3. The lowest BCUT2D eigenvalue weighted by Gasteiger charge is -2.34. The summed E-state index contributed by atoms with van der Waals surface area (Å²) in [5.74, 6) is 1.82. The number of ether oxygens (including phenoxy) is 1. The van der Waals surface area contributed by atoms with Crippen LogP contribution in [-0.4, -0.2) is 25.8 Å². The first-order valence-corrected chi connectivity index (χ1v) is 7.08. The van der Waals surface area contributed by atoms with Gasteiger partial charge in [0.2, 0.25) is 0 Å². The van der Waals surface area contributed by atoms with E-state index in [9.17, 15) is 0 Å². The van der Waals surface area contributed by atoms with Crippen LogP contribution in [-0.2, 0) is 4.74 Å². The number of rotatable bonds is 4. The molecule has 1 aliphatic carbocycles. The largest absolute Gasteiger partial charge is 0.378 e. The molecule has 0 radical (unpaired) electrons. The van der Waals surface area contributed by atoms with E-state index in [1.807, 2.05) is 0 Å². The maximum Gasteiger partial charge on any atom is 0.0590 e. The molecule has 0 aromatic carbocycles. The zero-order chi connectivity index (χ0) is 11.4. The van der Waals surface area contributed by atoms with Gasteiger partial charge in [-0.15, -0.1) is 0 Å². The molecule has 1 aliphatic heterocycles. The van der Waals surface area contributed by atoms with Crippen LogP contribution in [0.4, 0.5) is 0 Å². The first-order valence-electron chi connectivity index (χ1n) is 7.08. The molecule has 0 aromatic heterocycles. The van der Waals surface area contributed by atoms with Gasteiger partial charge in [0, 0.05) is 12.6 Å². The Morgan fingerprint density at radius 2 is 2.12 bits per heavy atom. The van der Waals surface area contributed by atoms with Crippen LogP contribution in [0, 0.1) is 11.8 Å². The Kier molecular flexibility index (Phi) is 4.66. The first-order chi connectivity index (χ1) is 7.79. The minimum absolute atomic E-state index is 0.537. The fourth-order valence-corrected chi connectivity index (χ4v) is 3.51. The van der Waals surface area contributed by atoms with Crippen molar-refractivity contribution in [3.63, 3.8) is 0 Å². The Balaban J connectivity index is 1.82. The zero-order valence-corrected chi connectivity index (χ0v) is 10.9. The molecule has 2 aliphatic rings. The third-order valence-corrected chi connectivity index (χ3v) is 4.46. The lowest BCUT2D eigenvalue weighted by Crippen LogP contribution is -2.38. The van der Waals surface area contributed by atoms with Gasteiger partial charge in [0.25, 0.3) is 0 Å². The second-order valence-corrected chi connectivity index (χ2v) is 5.80. The highest BCUT2D eigenvalue weighted by Crippen LogP contribution is 2.33. The van der Waals surface area contributed by atoms with E-state index < -0.39 is 0 Å². The molecular formula is C14H27NO. The topological polar surface area (TPSA) is 21.3 Å². The van der Waals surface area contributed by atoms with Crippen LogP contribution >= 0.6 is 0 Å². The molecule has 4 unspecified atom stereocenters. The molecule has 0 spiro atoms. The zero-order valence-electron chi connectivity index (χ0n) is 10.9. The van der Waals surface area contributed by atoms with Crippen LogP contribution in [0.3, 0.4) is 0 Å². The summed E-state index contributed by atoms with van der Waals surface area (Å²) in [6.45, 7) is 3.40. The summed E-state index contributed by atoms with van der Waals surface area (Å²) in [5, 5.41) is 3.54. The minimum Gasteiger partial charge on any atom is -0.378 e. The summed E-state index contributed by atoms with van der Waals surface area (Å²) < 4.78 is 5.76. The molecular weight excluding hydrogens is 198 g/mol. The van der Waals surface area contributed by atoms with Crippen molar-refractivity contribution in [3.8, 4) is 0 Å². The van der Waals surface area contributed by atoms with Crippen LogP contribution in [0.2, 0.25) is 0 Å². The Morgan fingerprint density at radius 1 is 1.25 bits per heavy atom. The molecule has 16 heavy (non-hydrogen) atoms. The summed E-state index contributed by atoms with van der Waals surface area (Å²) in [6, 6.07) is 0.686. The van der Waals surface area contributed by atoms with Crippen molar-refractivity contribution >= 4 is 0 Å². The maximum absolute atomic E-state index is 5.76. The maximum atomic E-state index is 5.76. The van der Waals surface area contributed by atoms with Gasteiger partial charge in [-0.3, -0.25) is 0 Å². The molecule has 1 saturated carbocycles. The summed E-state index contributed by atoms with van der Waals surface area (Å²) in [5.41, 5.74) is 0. The van der Waals surface area contributed by atoms with E-state index in [1.165, 1.54) is 44.9 Å². The number of hydrogen-bond donors (Lipinski definition) is 1. The molecule has 2 fully saturated rings. The Bertz CT molecular complexity index is 201. The summed E-state index contributed by atoms with van der Waals surface area (Å²) >= 11 is 0. The Morgan fingerprint density at radius 3 is 2.75 bits per heavy atom. The molecule has 4 atom stereocenters. The average molecular weight is 225 g/mol. The van der Waals surface area contributed by atoms with E-state index in [4.69, 9.17) is 4.74 Å². The second-order valence-electron chi connectivity index (χ2n) is 5.80. The molecule has 2 nitrogen and oxygen atoms in total. The van der Waals surface area contributed by atoms with E-state index in [1.54, 1.807) is 0 Å². The normalized spacial score (nSPS) is 37.5. The van der Waals surface area contributed by atoms with E-state index >= 15 is 0 Å². The first kappa shape index (κ1) is 12.4. The van der Waals surface area contributed by atoms with Gasteiger partial charge in [0.15, 0.2) is 0 Å². The van der Waals surface area contributed by atoms with Crippen molar-refractivity contribution in [2.75, 3.05) is 13.7 Å². The smallest absolute Gasteiger partial charge is 0.0590 e. The molecule has 1 saturated heterocycles. The Hall–Kier alpha value is -0.0800. The van der Waals surface area contributed by atoms with Gasteiger partial charge in [-0.2, -0.15) is 0 Å². The van der Waals surface area contributed by atoms with Crippen molar-refractivity contribution in [2.45, 2.75) is 64.0 Å². The average Bonchev–Trinajstić information content (AvgIpc) is 2.78. The van der Waals surface area contributed by atoms with E-state index in [2.05, 4.69) is 19.3 Å². The molecule has 1 N–H and O–H groups in total. The van der Waals surface area contributed by atoms with E-state index in [0.29, 0.717) is 12.1 Å². The summed E-state index contributed by atoms with van der Waals surface area (Å²) in [6.07, 6.45) is 10.0. The molecule has 94 valence electrons. The Labute approximate surface area is 100 Å². The van der Waals surface area contributed by atoms with E-state index in [0.717, 1.165) is 18.4 Å². The second kappa shape index (κ2) is 6.02.